The van der Waals surface area contributed by atoms with Crippen molar-refractivity contribution in [2.75, 3.05) is 5.32 Å². The minimum absolute atomic E-state index is 0.00856. The standard InChI is InChI=1S/C26H23FN4O2/c27-16-4-5-21-20(9-16)22(7-8-29-21)33-17-10-18-19(11-17)25(18)24(15-2-3-15)26(32)31-23-6-1-14(12-28)13-30-23/h1,4-9,13,15,17-19,24-25H,2-3,10-11H2,(H,30,31,32)/t17-,18-,19+,24?,25-. The van der Waals surface area contributed by atoms with Gasteiger partial charge in [-0.2, -0.15) is 5.26 Å². The van der Waals surface area contributed by atoms with Gasteiger partial charge in [0.05, 0.1) is 17.2 Å². The number of carbonyl (C=O) groups is 1. The Hall–Kier alpha value is -3.53. The Morgan fingerprint density at radius 3 is 2.67 bits per heavy atom. The fraction of sp³-hybridized carbons (Fsp3) is 0.385. The second-order valence-corrected chi connectivity index (χ2v) is 9.48. The summed E-state index contributed by atoms with van der Waals surface area (Å²) in [6.45, 7) is 0. The molecule has 3 aliphatic rings. The SMILES string of the molecule is N#Cc1ccc(NC(=O)C(C2CC2)[C@@H]2[C@@H]3C[C@@H](Oc4ccnc5ccc(F)cc45)C[C@@H]32)nc1. The number of pyridine rings is 2. The molecule has 6 rings (SSSR count). The van der Waals surface area contributed by atoms with Crippen LogP contribution in [0.25, 0.3) is 10.9 Å². The van der Waals surface area contributed by atoms with Crippen LogP contribution in [0.5, 0.6) is 5.75 Å². The first-order valence-electron chi connectivity index (χ1n) is 11.5. The number of fused-ring (bicyclic) bond motifs is 2. The van der Waals surface area contributed by atoms with Gasteiger partial charge in [0, 0.05) is 23.7 Å². The molecule has 3 aliphatic carbocycles. The number of nitrogens with one attached hydrogen (secondary N) is 1. The summed E-state index contributed by atoms with van der Waals surface area (Å²) in [5.41, 5.74) is 1.19. The number of nitriles is 1. The number of rotatable bonds is 6. The van der Waals surface area contributed by atoms with Crippen LogP contribution in [0, 0.1) is 46.7 Å². The van der Waals surface area contributed by atoms with E-state index in [2.05, 4.69) is 15.3 Å². The van der Waals surface area contributed by atoms with E-state index in [1.807, 2.05) is 6.07 Å². The number of benzene rings is 1. The van der Waals surface area contributed by atoms with Crippen molar-refractivity contribution in [1.82, 2.24) is 9.97 Å². The van der Waals surface area contributed by atoms with Gasteiger partial charge in [0.1, 0.15) is 23.5 Å². The summed E-state index contributed by atoms with van der Waals surface area (Å²) in [4.78, 5) is 21.6. The first-order valence-corrected chi connectivity index (χ1v) is 11.5. The fourth-order valence-electron chi connectivity index (χ4n) is 5.75. The third kappa shape index (κ3) is 3.80. The van der Waals surface area contributed by atoms with E-state index >= 15 is 0 Å². The van der Waals surface area contributed by atoms with Crippen LogP contribution in [0.15, 0.2) is 48.8 Å². The molecular formula is C26H23FN4O2. The normalized spacial score (nSPS) is 26.3. The van der Waals surface area contributed by atoms with Crippen LogP contribution in [-0.2, 0) is 4.79 Å². The van der Waals surface area contributed by atoms with Crippen LogP contribution in [0.4, 0.5) is 10.2 Å². The molecular weight excluding hydrogens is 419 g/mol. The maximum atomic E-state index is 13.8. The Balaban J connectivity index is 1.12. The second kappa shape index (κ2) is 7.80. The van der Waals surface area contributed by atoms with Crippen LogP contribution >= 0.6 is 0 Å². The number of carbonyl (C=O) groups excluding carboxylic acids is 1. The predicted octanol–water partition coefficient (Wildman–Crippen LogP) is 4.71. The lowest BCUT2D eigenvalue weighted by atomic mass is 9.91. The first-order chi connectivity index (χ1) is 16.1. The molecule has 1 unspecified atom stereocenters. The van der Waals surface area contributed by atoms with Crippen molar-refractivity contribution in [3.63, 3.8) is 0 Å². The summed E-state index contributed by atoms with van der Waals surface area (Å²) >= 11 is 0. The molecule has 5 atom stereocenters. The molecule has 2 heterocycles. The van der Waals surface area contributed by atoms with Gasteiger partial charge < -0.3 is 10.1 Å². The van der Waals surface area contributed by atoms with Crippen molar-refractivity contribution in [2.24, 2.45) is 29.6 Å². The van der Waals surface area contributed by atoms with Gasteiger partial charge in [0.2, 0.25) is 5.91 Å². The monoisotopic (exact) mass is 442 g/mol. The molecule has 1 aromatic carbocycles. The molecule has 0 saturated heterocycles. The molecule has 0 bridgehead atoms. The molecule has 6 nitrogen and oxygen atoms in total. The van der Waals surface area contributed by atoms with Gasteiger partial charge in [-0.25, -0.2) is 9.37 Å². The molecule has 7 heteroatoms. The maximum Gasteiger partial charge on any atom is 0.229 e. The molecule has 0 radical (unpaired) electrons. The average Bonchev–Trinajstić information content (AvgIpc) is 3.73. The molecule has 3 saturated carbocycles. The van der Waals surface area contributed by atoms with E-state index in [-0.39, 0.29) is 23.7 Å². The van der Waals surface area contributed by atoms with Crippen LogP contribution in [0.1, 0.15) is 31.2 Å². The molecule has 0 aliphatic heterocycles. The summed E-state index contributed by atoms with van der Waals surface area (Å²) in [7, 11) is 0. The van der Waals surface area contributed by atoms with Crippen molar-refractivity contribution in [3.8, 4) is 11.8 Å². The minimum Gasteiger partial charge on any atom is -0.490 e. The number of anilines is 1. The number of ether oxygens (including phenoxy) is 1. The summed E-state index contributed by atoms with van der Waals surface area (Å²) in [5.74, 6) is 2.74. The topological polar surface area (TPSA) is 87.9 Å². The Bertz CT molecular complexity index is 1260. The van der Waals surface area contributed by atoms with Crippen LogP contribution in [-0.4, -0.2) is 22.0 Å². The molecule has 1 amide bonds. The molecule has 3 fully saturated rings. The highest BCUT2D eigenvalue weighted by atomic mass is 19.1. The van der Waals surface area contributed by atoms with Crippen LogP contribution < -0.4 is 10.1 Å². The zero-order valence-electron chi connectivity index (χ0n) is 17.9. The van der Waals surface area contributed by atoms with E-state index in [1.165, 1.54) is 18.3 Å². The lowest BCUT2D eigenvalue weighted by Gasteiger charge is -2.22. The summed E-state index contributed by atoms with van der Waals surface area (Å²) in [6.07, 6.45) is 7.28. The van der Waals surface area contributed by atoms with E-state index in [4.69, 9.17) is 10.00 Å². The molecule has 2 aromatic heterocycles. The van der Waals surface area contributed by atoms with Crippen molar-refractivity contribution in [2.45, 2.75) is 31.8 Å². The number of aromatic nitrogens is 2. The molecule has 3 aromatic rings. The molecule has 33 heavy (non-hydrogen) atoms. The summed E-state index contributed by atoms with van der Waals surface area (Å²) in [5, 5.41) is 12.6. The maximum absolute atomic E-state index is 13.8. The fourth-order valence-corrected chi connectivity index (χ4v) is 5.75. The van der Waals surface area contributed by atoms with Gasteiger partial charge >= 0.3 is 0 Å². The van der Waals surface area contributed by atoms with Gasteiger partial charge in [-0.1, -0.05) is 0 Å². The highest BCUT2D eigenvalue weighted by Gasteiger charge is 2.63. The van der Waals surface area contributed by atoms with Crippen molar-refractivity contribution < 1.29 is 13.9 Å². The van der Waals surface area contributed by atoms with Crippen molar-refractivity contribution >= 4 is 22.6 Å². The summed E-state index contributed by atoms with van der Waals surface area (Å²) < 4.78 is 20.0. The van der Waals surface area contributed by atoms with Gasteiger partial charge in [-0.05, 0) is 85.8 Å². The zero-order chi connectivity index (χ0) is 22.5. The second-order valence-electron chi connectivity index (χ2n) is 9.48. The van der Waals surface area contributed by atoms with Gasteiger partial charge in [-0.15, -0.1) is 0 Å². The highest BCUT2D eigenvalue weighted by molar-refractivity contribution is 5.92. The number of nitrogens with zero attached hydrogens (tertiary/aromatic N) is 3. The quantitative estimate of drug-likeness (QED) is 0.597. The van der Waals surface area contributed by atoms with E-state index in [9.17, 15) is 9.18 Å². The molecule has 0 spiro atoms. The highest BCUT2D eigenvalue weighted by Crippen LogP contribution is 2.64. The Labute approximate surface area is 190 Å². The number of halogens is 1. The van der Waals surface area contributed by atoms with Crippen LogP contribution in [0.2, 0.25) is 0 Å². The number of hydrogen-bond acceptors (Lipinski definition) is 5. The Morgan fingerprint density at radius 2 is 1.97 bits per heavy atom. The Kier molecular flexibility index (Phi) is 4.75. The van der Waals surface area contributed by atoms with Crippen molar-refractivity contribution in [3.05, 3.63) is 60.2 Å². The third-order valence-electron chi connectivity index (χ3n) is 7.42. The van der Waals surface area contributed by atoms with Gasteiger partial charge in [0.25, 0.3) is 0 Å². The van der Waals surface area contributed by atoms with E-state index in [0.29, 0.717) is 46.2 Å². The predicted molar refractivity (Wildman–Crippen MR) is 120 cm³/mol. The van der Waals surface area contributed by atoms with E-state index < -0.39 is 0 Å². The minimum atomic E-state index is -0.301. The van der Waals surface area contributed by atoms with E-state index in [0.717, 1.165) is 31.2 Å². The average molecular weight is 442 g/mol. The van der Waals surface area contributed by atoms with Gasteiger partial charge in [0.15, 0.2) is 0 Å². The lowest BCUT2D eigenvalue weighted by Crippen LogP contribution is -2.29. The first kappa shape index (κ1) is 20.1. The number of amides is 1. The van der Waals surface area contributed by atoms with E-state index in [1.54, 1.807) is 30.5 Å². The summed E-state index contributed by atoms with van der Waals surface area (Å²) in [6, 6.07) is 11.7. The zero-order valence-corrected chi connectivity index (χ0v) is 17.9. The van der Waals surface area contributed by atoms with Crippen LogP contribution in [0.3, 0.4) is 0 Å². The van der Waals surface area contributed by atoms with Crippen molar-refractivity contribution in [1.29, 1.82) is 5.26 Å². The smallest absolute Gasteiger partial charge is 0.229 e. The Morgan fingerprint density at radius 1 is 1.15 bits per heavy atom. The lowest BCUT2D eigenvalue weighted by molar-refractivity contribution is -0.121. The molecule has 166 valence electrons. The number of hydrogen-bond donors (Lipinski definition) is 1. The molecule has 1 N–H and O–H groups in total. The largest absolute Gasteiger partial charge is 0.490 e. The third-order valence-corrected chi connectivity index (χ3v) is 7.42. The van der Waals surface area contributed by atoms with Gasteiger partial charge in [-0.3, -0.25) is 9.78 Å².